The zero-order valence-electron chi connectivity index (χ0n) is 11.3. The van der Waals surface area contributed by atoms with E-state index in [2.05, 4.69) is 20.8 Å². The number of hydrogen-bond acceptors (Lipinski definition) is 3. The van der Waals surface area contributed by atoms with Crippen LogP contribution in [0.25, 0.3) is 0 Å². The van der Waals surface area contributed by atoms with Crippen molar-refractivity contribution in [2.24, 2.45) is 11.3 Å². The molecule has 0 saturated carbocycles. The summed E-state index contributed by atoms with van der Waals surface area (Å²) in [5.41, 5.74) is 0.131. The summed E-state index contributed by atoms with van der Waals surface area (Å²) in [4.78, 5) is 23.1. The van der Waals surface area contributed by atoms with Gasteiger partial charge in [0.25, 0.3) is 0 Å². The first-order valence-electron chi connectivity index (χ1n) is 5.84. The summed E-state index contributed by atoms with van der Waals surface area (Å²) >= 11 is 0. The smallest absolute Gasteiger partial charge is 0.316 e. The molecule has 0 aromatic heterocycles. The summed E-state index contributed by atoms with van der Waals surface area (Å²) in [5.74, 6) is -1.08. The van der Waals surface area contributed by atoms with Crippen LogP contribution < -0.4 is 0 Å². The van der Waals surface area contributed by atoms with Crippen LogP contribution in [0.4, 0.5) is 0 Å². The second kappa shape index (κ2) is 6.02. The Hall–Kier alpha value is -0.860. The third-order valence-electron chi connectivity index (χ3n) is 2.31. The van der Waals surface area contributed by atoms with Gasteiger partial charge in [-0.15, -0.1) is 0 Å². The number of esters is 1. The van der Waals surface area contributed by atoms with Gasteiger partial charge in [0.1, 0.15) is 11.7 Å². The highest BCUT2D eigenvalue weighted by Crippen LogP contribution is 2.24. The number of rotatable bonds is 5. The monoisotopic (exact) mass is 228 g/mol. The maximum Gasteiger partial charge on any atom is 0.316 e. The lowest BCUT2D eigenvalue weighted by atomic mass is 9.85. The maximum atomic E-state index is 11.7. The molecule has 0 heterocycles. The lowest BCUT2D eigenvalue weighted by molar-refractivity contribution is -0.155. The number of ether oxygens (including phenoxy) is 1. The Bertz CT molecular complexity index is 248. The van der Waals surface area contributed by atoms with Gasteiger partial charge in [0.15, 0.2) is 0 Å². The highest BCUT2D eigenvalue weighted by molar-refractivity contribution is 5.97. The van der Waals surface area contributed by atoms with Crippen molar-refractivity contribution in [2.45, 2.75) is 60.5 Å². The molecule has 1 atom stereocenters. The number of hydrogen-bond donors (Lipinski definition) is 0. The van der Waals surface area contributed by atoms with Crippen LogP contribution in [0.15, 0.2) is 0 Å². The average Bonchev–Trinajstić information content (AvgIpc) is 1.99. The van der Waals surface area contributed by atoms with Crippen LogP contribution in [-0.2, 0) is 14.3 Å². The quantitative estimate of drug-likeness (QED) is 0.536. The molecule has 0 aliphatic carbocycles. The minimum Gasteiger partial charge on any atom is -0.462 e. The Morgan fingerprint density at radius 1 is 1.19 bits per heavy atom. The largest absolute Gasteiger partial charge is 0.462 e. The topological polar surface area (TPSA) is 43.4 Å². The second-order valence-electron chi connectivity index (χ2n) is 5.75. The molecule has 3 heteroatoms. The van der Waals surface area contributed by atoms with Crippen molar-refractivity contribution in [3.05, 3.63) is 0 Å². The van der Waals surface area contributed by atoms with Gasteiger partial charge in [0, 0.05) is 0 Å². The van der Waals surface area contributed by atoms with Gasteiger partial charge in [-0.2, -0.15) is 0 Å². The molecule has 0 aromatic carbocycles. The van der Waals surface area contributed by atoms with Gasteiger partial charge >= 0.3 is 5.97 Å². The molecule has 94 valence electrons. The summed E-state index contributed by atoms with van der Waals surface area (Å²) in [6, 6.07) is 0. The van der Waals surface area contributed by atoms with Crippen LogP contribution in [0.2, 0.25) is 0 Å². The molecule has 0 N–H and O–H groups in total. The van der Waals surface area contributed by atoms with Crippen molar-refractivity contribution in [2.75, 3.05) is 0 Å². The van der Waals surface area contributed by atoms with Crippen LogP contribution in [-0.4, -0.2) is 17.9 Å². The molecule has 0 rings (SSSR count). The Kier molecular flexibility index (Phi) is 5.70. The van der Waals surface area contributed by atoms with Gasteiger partial charge in [-0.3, -0.25) is 9.59 Å². The summed E-state index contributed by atoms with van der Waals surface area (Å²) in [6.45, 7) is 11.3. The second-order valence-corrected chi connectivity index (χ2v) is 5.75. The average molecular weight is 228 g/mol. The number of ketones is 1. The van der Waals surface area contributed by atoms with Gasteiger partial charge in [-0.05, 0) is 39.0 Å². The fourth-order valence-corrected chi connectivity index (χ4v) is 1.38. The Morgan fingerprint density at radius 3 is 2.00 bits per heavy atom. The lowest BCUT2D eigenvalue weighted by Crippen LogP contribution is -2.27. The molecule has 0 aliphatic heterocycles. The van der Waals surface area contributed by atoms with Gasteiger partial charge in [0.05, 0.1) is 6.10 Å². The fourth-order valence-electron chi connectivity index (χ4n) is 1.38. The molecule has 0 radical (unpaired) electrons. The molecule has 3 nitrogen and oxygen atoms in total. The molecule has 16 heavy (non-hydrogen) atoms. The first-order chi connectivity index (χ1) is 7.13. The van der Waals surface area contributed by atoms with Gasteiger partial charge < -0.3 is 4.74 Å². The van der Waals surface area contributed by atoms with Crippen molar-refractivity contribution in [1.82, 2.24) is 0 Å². The van der Waals surface area contributed by atoms with E-state index < -0.39 is 5.92 Å². The Balaban J connectivity index is 4.39. The number of carbonyl (C=O) groups is 2. The molecular formula is C13H24O3. The molecular weight excluding hydrogens is 204 g/mol. The Labute approximate surface area is 98.6 Å². The van der Waals surface area contributed by atoms with Gasteiger partial charge in [-0.25, -0.2) is 0 Å². The van der Waals surface area contributed by atoms with E-state index in [0.29, 0.717) is 6.42 Å². The van der Waals surface area contributed by atoms with Crippen LogP contribution >= 0.6 is 0 Å². The normalized spacial score (nSPS) is 13.7. The molecule has 0 fully saturated rings. The maximum absolute atomic E-state index is 11.7. The van der Waals surface area contributed by atoms with Gasteiger partial charge in [0.2, 0.25) is 0 Å². The summed E-state index contributed by atoms with van der Waals surface area (Å²) in [7, 11) is 0. The molecule has 0 saturated heterocycles. The molecule has 0 amide bonds. The van der Waals surface area contributed by atoms with E-state index in [0.717, 1.165) is 6.42 Å². The van der Waals surface area contributed by atoms with Gasteiger partial charge in [-0.1, -0.05) is 20.8 Å². The van der Waals surface area contributed by atoms with Crippen molar-refractivity contribution < 1.29 is 14.3 Å². The molecule has 0 aliphatic rings. The van der Waals surface area contributed by atoms with E-state index >= 15 is 0 Å². The Morgan fingerprint density at radius 2 is 1.69 bits per heavy atom. The minimum absolute atomic E-state index is 0.102. The van der Waals surface area contributed by atoms with Crippen molar-refractivity contribution >= 4 is 11.8 Å². The number of carbonyl (C=O) groups excluding carboxylic acids is 2. The van der Waals surface area contributed by atoms with Crippen LogP contribution in [0, 0.1) is 11.3 Å². The standard InChI is InChI=1S/C13H24O3/c1-9(2)16-12(15)11(10(3)14)7-8-13(4,5)6/h9,11H,7-8H2,1-6H3. The predicted octanol–water partition coefficient (Wildman–Crippen LogP) is 2.97. The van der Waals surface area contributed by atoms with Crippen molar-refractivity contribution in [3.8, 4) is 0 Å². The van der Waals surface area contributed by atoms with E-state index in [-0.39, 0.29) is 23.3 Å². The lowest BCUT2D eigenvalue weighted by Gasteiger charge is -2.21. The molecule has 0 spiro atoms. The van der Waals surface area contributed by atoms with E-state index in [9.17, 15) is 9.59 Å². The highest BCUT2D eigenvalue weighted by Gasteiger charge is 2.27. The molecule has 1 unspecified atom stereocenters. The minimum atomic E-state index is -0.596. The zero-order valence-corrected chi connectivity index (χ0v) is 11.3. The summed E-state index contributed by atoms with van der Waals surface area (Å²) in [5, 5.41) is 0. The van der Waals surface area contributed by atoms with E-state index in [1.165, 1.54) is 6.92 Å². The fraction of sp³-hybridized carbons (Fsp3) is 0.846. The zero-order chi connectivity index (χ0) is 12.9. The van der Waals surface area contributed by atoms with Crippen molar-refractivity contribution in [1.29, 1.82) is 0 Å². The summed E-state index contributed by atoms with van der Waals surface area (Å²) in [6.07, 6.45) is 1.25. The van der Waals surface area contributed by atoms with Crippen LogP contribution in [0.3, 0.4) is 0 Å². The van der Waals surface area contributed by atoms with Crippen LogP contribution in [0.1, 0.15) is 54.4 Å². The highest BCUT2D eigenvalue weighted by atomic mass is 16.5. The third kappa shape index (κ3) is 6.59. The third-order valence-corrected chi connectivity index (χ3v) is 2.31. The number of Topliss-reactive ketones (excluding diaryl/α,β-unsaturated/α-hetero) is 1. The first-order valence-corrected chi connectivity index (χ1v) is 5.84. The van der Waals surface area contributed by atoms with E-state index in [1.54, 1.807) is 13.8 Å². The van der Waals surface area contributed by atoms with Crippen molar-refractivity contribution in [3.63, 3.8) is 0 Å². The molecule has 0 aromatic rings. The SMILES string of the molecule is CC(=O)C(CCC(C)(C)C)C(=O)OC(C)C. The van der Waals surface area contributed by atoms with Crippen LogP contribution in [0.5, 0.6) is 0 Å². The predicted molar refractivity (Wildman–Crippen MR) is 64.1 cm³/mol. The van der Waals surface area contributed by atoms with E-state index in [4.69, 9.17) is 4.74 Å². The first kappa shape index (κ1) is 15.1. The summed E-state index contributed by atoms with van der Waals surface area (Å²) < 4.78 is 5.08. The van der Waals surface area contributed by atoms with E-state index in [1.807, 2.05) is 0 Å². The molecule has 0 bridgehead atoms.